The van der Waals surface area contributed by atoms with Gasteiger partial charge < -0.3 is 20.7 Å². The van der Waals surface area contributed by atoms with Crippen LogP contribution in [0.15, 0.2) is 133 Å². The maximum atomic E-state index is 11.9. The predicted molar refractivity (Wildman–Crippen MR) is 229 cm³/mol. The first-order valence-electron chi connectivity index (χ1n) is 17.8. The van der Waals surface area contributed by atoms with Crippen LogP contribution >= 0.6 is 0 Å². The number of azo groups is 2. The number of rotatable bonds is 18. The van der Waals surface area contributed by atoms with E-state index in [1.807, 2.05) is 0 Å². The van der Waals surface area contributed by atoms with Crippen molar-refractivity contribution in [3.05, 3.63) is 103 Å². The quantitative estimate of drug-likeness (QED) is 0.0256. The maximum Gasteiger partial charge on any atom is 0.294 e. The molecule has 0 aliphatic rings. The molecule has 6 rings (SSSR count). The molecular formula is C36H34N10O13S4. The average molecular weight is 943 g/mol. The number of anilines is 5. The van der Waals surface area contributed by atoms with E-state index >= 15 is 0 Å². The van der Waals surface area contributed by atoms with Crippen LogP contribution in [0.4, 0.5) is 52.0 Å². The second kappa shape index (κ2) is 18.8. The van der Waals surface area contributed by atoms with Crippen molar-refractivity contribution in [2.24, 2.45) is 20.5 Å². The van der Waals surface area contributed by atoms with Crippen LogP contribution in [0.3, 0.4) is 0 Å². The minimum Gasteiger partial charge on any atom is -0.491 e. The highest BCUT2D eigenvalue weighted by Crippen LogP contribution is 2.34. The molecule has 1 aromatic heterocycles. The molecule has 5 aromatic carbocycles. The SMILES string of the molecule is CC(Nc1nc(Nc2ccc(N=Nc3ccc4cc(S(=O)(=O)O)ccc4c3)cc2)nc(Nc2ccc(/N=N\c3cccc(S(=O)(=O)O)c3)cc2OCCCS(=O)(=O)O)n1)S(=O)(=O)O. The molecule has 0 spiro atoms. The topological polar surface area (TPSA) is 351 Å². The fourth-order valence-electron chi connectivity index (χ4n) is 5.26. The van der Waals surface area contributed by atoms with Gasteiger partial charge in [-0.05, 0) is 103 Å². The number of hydrogen-bond donors (Lipinski definition) is 7. The third-order valence-electron chi connectivity index (χ3n) is 8.32. The summed E-state index contributed by atoms with van der Waals surface area (Å²) in [5, 5.41) is 24.6. The Morgan fingerprint density at radius 3 is 1.78 bits per heavy atom. The number of benzene rings is 5. The van der Waals surface area contributed by atoms with Gasteiger partial charge in [-0.3, -0.25) is 18.2 Å². The van der Waals surface area contributed by atoms with Gasteiger partial charge in [0.2, 0.25) is 17.8 Å². The lowest BCUT2D eigenvalue weighted by molar-refractivity contribution is 0.317. The van der Waals surface area contributed by atoms with Gasteiger partial charge >= 0.3 is 0 Å². The number of nitrogens with zero attached hydrogens (tertiary/aromatic N) is 7. The summed E-state index contributed by atoms with van der Waals surface area (Å²) in [5.74, 6) is -1.17. The van der Waals surface area contributed by atoms with Crippen molar-refractivity contribution in [1.82, 2.24) is 15.0 Å². The predicted octanol–water partition coefficient (Wildman–Crippen LogP) is 7.14. The van der Waals surface area contributed by atoms with E-state index in [1.165, 1.54) is 48.5 Å². The summed E-state index contributed by atoms with van der Waals surface area (Å²) >= 11 is 0. The van der Waals surface area contributed by atoms with Gasteiger partial charge in [-0.15, -0.1) is 0 Å². The van der Waals surface area contributed by atoms with Crippen molar-refractivity contribution in [3.63, 3.8) is 0 Å². The Morgan fingerprint density at radius 1 is 0.587 bits per heavy atom. The molecule has 0 aliphatic carbocycles. The third-order valence-corrected chi connectivity index (χ3v) is 11.8. The Balaban J connectivity index is 1.25. The summed E-state index contributed by atoms with van der Waals surface area (Å²) in [4.78, 5) is 12.2. The average Bonchev–Trinajstić information content (AvgIpc) is 3.20. The number of hydrogen-bond acceptors (Lipinski definition) is 19. The standard InChI is InChI=1S/C36H34N10O13S4/c1-22(61(50,51)52)37-34-40-35(38-25-9-11-26(12-10-25)43-45-28-8-6-24-19-31(63(56,57)58)14-7-23(24)18-28)42-36(41-34)39-32-15-13-29(21-33(32)59-16-3-17-60(47,48)49)46-44-27-4-2-5-30(20-27)62(53,54)55/h2,4-15,18-22H,3,16-17H2,1H3,(H,47,48,49)(H,50,51,52)(H,53,54,55)(H,56,57,58)(H3,37,38,39,40,41,42)/b45-43?,46-44-. The van der Waals surface area contributed by atoms with Gasteiger partial charge in [-0.2, -0.15) is 69.1 Å². The first kappa shape index (κ1) is 45.9. The van der Waals surface area contributed by atoms with Gasteiger partial charge in [0.15, 0.2) is 5.37 Å². The van der Waals surface area contributed by atoms with E-state index in [0.29, 0.717) is 27.8 Å². The zero-order valence-corrected chi connectivity index (χ0v) is 35.5. The van der Waals surface area contributed by atoms with Crippen molar-refractivity contribution in [1.29, 1.82) is 0 Å². The maximum absolute atomic E-state index is 11.9. The third kappa shape index (κ3) is 13.4. The molecular weight excluding hydrogens is 909 g/mol. The minimum absolute atomic E-state index is 0.0453. The zero-order chi connectivity index (χ0) is 45.6. The molecule has 1 heterocycles. The molecule has 0 bridgehead atoms. The Kier molecular flexibility index (Phi) is 13.7. The molecule has 1 unspecified atom stereocenters. The van der Waals surface area contributed by atoms with Gasteiger partial charge in [0.25, 0.3) is 40.5 Å². The Morgan fingerprint density at radius 2 is 1.13 bits per heavy atom. The largest absolute Gasteiger partial charge is 0.491 e. The highest BCUT2D eigenvalue weighted by atomic mass is 32.2. The monoisotopic (exact) mass is 942 g/mol. The summed E-state index contributed by atoms with van der Waals surface area (Å²) in [6.07, 6.45) is -0.125. The molecule has 0 saturated carbocycles. The van der Waals surface area contributed by atoms with Crippen molar-refractivity contribution in [3.8, 4) is 5.75 Å². The van der Waals surface area contributed by atoms with Crippen LogP contribution in [-0.4, -0.2) is 84.6 Å². The lowest BCUT2D eigenvalue weighted by Gasteiger charge is -2.16. The summed E-state index contributed by atoms with van der Waals surface area (Å²) in [5.41, 5.74) is 1.74. The normalized spacial score (nSPS) is 13.0. The molecule has 0 aliphatic heterocycles. The van der Waals surface area contributed by atoms with Crippen LogP contribution in [0.25, 0.3) is 10.8 Å². The molecule has 6 aromatic rings. The van der Waals surface area contributed by atoms with Gasteiger partial charge in [0, 0.05) is 11.8 Å². The lowest BCUT2D eigenvalue weighted by atomic mass is 10.1. The summed E-state index contributed by atoms with van der Waals surface area (Å²) in [7, 11) is -17.8. The molecule has 7 N–H and O–H groups in total. The van der Waals surface area contributed by atoms with E-state index in [1.54, 1.807) is 42.5 Å². The van der Waals surface area contributed by atoms with Crippen molar-refractivity contribution in [2.75, 3.05) is 28.3 Å². The first-order valence-corrected chi connectivity index (χ1v) is 23.8. The van der Waals surface area contributed by atoms with Crippen LogP contribution in [-0.2, 0) is 40.5 Å². The molecule has 0 amide bonds. The highest BCUT2D eigenvalue weighted by Gasteiger charge is 2.20. The molecule has 0 fully saturated rings. The second-order valence-electron chi connectivity index (χ2n) is 13.1. The van der Waals surface area contributed by atoms with Crippen LogP contribution in [0, 0.1) is 0 Å². The minimum atomic E-state index is -4.61. The number of ether oxygens (including phenoxy) is 1. The van der Waals surface area contributed by atoms with Crippen LogP contribution in [0.1, 0.15) is 13.3 Å². The highest BCUT2D eigenvalue weighted by molar-refractivity contribution is 7.86. The van der Waals surface area contributed by atoms with Crippen LogP contribution in [0.5, 0.6) is 5.75 Å². The Hall–Kier alpha value is -6.59. The smallest absolute Gasteiger partial charge is 0.294 e. The van der Waals surface area contributed by atoms with E-state index in [0.717, 1.165) is 19.1 Å². The Bertz CT molecular complexity index is 3190. The molecule has 330 valence electrons. The van der Waals surface area contributed by atoms with Gasteiger partial charge in [0.1, 0.15) is 5.75 Å². The van der Waals surface area contributed by atoms with Gasteiger partial charge in [0.05, 0.1) is 50.6 Å². The van der Waals surface area contributed by atoms with E-state index in [2.05, 4.69) is 51.4 Å². The Labute approximate surface area is 359 Å². The number of fused-ring (bicyclic) bond motifs is 1. The fraction of sp³-hybridized carbons (Fsp3) is 0.139. The van der Waals surface area contributed by atoms with Crippen molar-refractivity contribution < 1.29 is 56.6 Å². The zero-order valence-electron chi connectivity index (χ0n) is 32.2. The van der Waals surface area contributed by atoms with Crippen LogP contribution < -0.4 is 20.7 Å². The fourth-order valence-corrected chi connectivity index (χ4v) is 7.03. The summed E-state index contributed by atoms with van der Waals surface area (Å²) in [6.45, 7) is 0.932. The molecule has 1 atom stereocenters. The van der Waals surface area contributed by atoms with Crippen molar-refractivity contribution >= 4 is 103 Å². The van der Waals surface area contributed by atoms with E-state index < -0.39 is 56.5 Å². The van der Waals surface area contributed by atoms with Crippen LogP contribution in [0.2, 0.25) is 0 Å². The van der Waals surface area contributed by atoms with E-state index in [4.69, 9.17) is 9.29 Å². The number of nitrogens with one attached hydrogen (secondary N) is 3. The summed E-state index contributed by atoms with van der Waals surface area (Å²) in [6, 6.07) is 24.8. The molecule has 0 saturated heterocycles. The number of aromatic nitrogens is 3. The first-order chi connectivity index (χ1) is 29.6. The van der Waals surface area contributed by atoms with Crippen molar-refractivity contribution in [2.45, 2.75) is 28.5 Å². The van der Waals surface area contributed by atoms with Gasteiger partial charge in [-0.1, -0.05) is 18.2 Å². The van der Waals surface area contributed by atoms with Gasteiger partial charge in [-0.25, -0.2) is 0 Å². The van der Waals surface area contributed by atoms with E-state index in [-0.39, 0.29) is 58.6 Å². The summed E-state index contributed by atoms with van der Waals surface area (Å²) < 4.78 is 136. The lowest BCUT2D eigenvalue weighted by Crippen LogP contribution is -2.27. The molecule has 27 heteroatoms. The van der Waals surface area contributed by atoms with E-state index in [9.17, 15) is 47.3 Å². The molecule has 0 radical (unpaired) electrons. The second-order valence-corrected chi connectivity index (χ2v) is 19.3. The molecule has 23 nitrogen and oxygen atoms in total. The molecule has 63 heavy (non-hydrogen) atoms.